The summed E-state index contributed by atoms with van der Waals surface area (Å²) in [4.78, 5) is 25.7. The van der Waals surface area contributed by atoms with Gasteiger partial charge in [-0.1, -0.05) is 12.1 Å². The van der Waals surface area contributed by atoms with Gasteiger partial charge in [-0.3, -0.25) is 9.59 Å². The van der Waals surface area contributed by atoms with E-state index in [1.165, 1.54) is 18.4 Å². The Hall–Kier alpha value is -2.81. The minimum atomic E-state index is -3.60. The molecule has 0 saturated heterocycles. The second-order valence-corrected chi connectivity index (χ2v) is 7.64. The maximum atomic E-state index is 12.6. The van der Waals surface area contributed by atoms with E-state index in [4.69, 9.17) is 13.3 Å². The Balaban J connectivity index is 2.06. The average Bonchev–Trinajstić information content (AvgIpc) is 3.13. The highest BCUT2D eigenvalue weighted by Gasteiger charge is 2.18. The van der Waals surface area contributed by atoms with Gasteiger partial charge in [-0.05, 0) is 36.8 Å². The van der Waals surface area contributed by atoms with Crippen LogP contribution in [-0.4, -0.2) is 38.1 Å². The van der Waals surface area contributed by atoms with E-state index in [-0.39, 0.29) is 44.2 Å². The summed E-state index contributed by atoms with van der Waals surface area (Å²) < 4.78 is 37.3. The van der Waals surface area contributed by atoms with Crippen molar-refractivity contribution in [2.45, 2.75) is 32.9 Å². The second kappa shape index (κ2) is 9.93. The Morgan fingerprint density at radius 2 is 1.79 bits per heavy atom. The van der Waals surface area contributed by atoms with E-state index in [1.807, 2.05) is 0 Å². The molecule has 0 radical (unpaired) electrons. The van der Waals surface area contributed by atoms with Gasteiger partial charge in [-0.15, -0.1) is 0 Å². The van der Waals surface area contributed by atoms with Crippen molar-refractivity contribution >= 4 is 22.0 Å². The van der Waals surface area contributed by atoms with Gasteiger partial charge >= 0.3 is 16.1 Å². The van der Waals surface area contributed by atoms with Gasteiger partial charge in [0.05, 0.1) is 32.1 Å². The van der Waals surface area contributed by atoms with Crippen molar-refractivity contribution in [3.63, 3.8) is 0 Å². The van der Waals surface area contributed by atoms with Gasteiger partial charge in [0.25, 0.3) is 0 Å². The molecular formula is C19H23NO7S. The Morgan fingerprint density at radius 3 is 2.36 bits per heavy atom. The number of esters is 1. The number of hydrogen-bond donors (Lipinski definition) is 0. The lowest BCUT2D eigenvalue weighted by Gasteiger charge is -2.22. The highest BCUT2D eigenvalue weighted by atomic mass is 32.2. The molecule has 0 N–H and O–H groups in total. The van der Waals surface area contributed by atoms with E-state index < -0.39 is 16.1 Å². The first kappa shape index (κ1) is 21.5. The number of rotatable bonds is 10. The Morgan fingerprint density at radius 1 is 1.07 bits per heavy atom. The third-order valence-electron chi connectivity index (χ3n) is 3.67. The normalized spacial score (nSPS) is 11.1. The van der Waals surface area contributed by atoms with Crippen LogP contribution in [0.1, 0.15) is 31.1 Å². The fourth-order valence-corrected chi connectivity index (χ4v) is 2.93. The van der Waals surface area contributed by atoms with Gasteiger partial charge in [0.2, 0.25) is 5.91 Å². The van der Waals surface area contributed by atoms with Gasteiger partial charge in [0.15, 0.2) is 0 Å². The number of furan rings is 1. The predicted octanol–water partition coefficient (Wildman–Crippen LogP) is 2.49. The molecule has 2 aromatic rings. The van der Waals surface area contributed by atoms with E-state index in [0.717, 1.165) is 11.8 Å². The Labute approximate surface area is 164 Å². The van der Waals surface area contributed by atoms with Gasteiger partial charge in [0.1, 0.15) is 11.5 Å². The number of hydrogen-bond acceptors (Lipinski definition) is 7. The highest BCUT2D eigenvalue weighted by molar-refractivity contribution is 7.86. The standard InChI is InChI=1S/C19H23NO7S/c1-3-25-19(22)11-10-18(21)20(14-17-5-4-12-26-17)13-15-6-8-16(9-7-15)27-28(2,23)24/h4-9,12H,3,10-11,13-14H2,1-2H3. The zero-order valence-corrected chi connectivity index (χ0v) is 16.6. The van der Waals surface area contributed by atoms with Crippen LogP contribution in [0.15, 0.2) is 47.1 Å². The molecule has 2 rings (SSSR count). The molecule has 0 bridgehead atoms. The number of nitrogens with zero attached hydrogens (tertiary/aromatic N) is 1. The van der Waals surface area contributed by atoms with Crippen molar-refractivity contribution in [3.05, 3.63) is 54.0 Å². The van der Waals surface area contributed by atoms with E-state index in [0.29, 0.717) is 5.76 Å². The van der Waals surface area contributed by atoms with Gasteiger partial charge in [-0.25, -0.2) is 0 Å². The third-order valence-corrected chi connectivity index (χ3v) is 4.17. The monoisotopic (exact) mass is 409 g/mol. The summed E-state index contributed by atoms with van der Waals surface area (Å²) in [6, 6.07) is 9.88. The first-order chi connectivity index (χ1) is 13.3. The molecule has 0 aliphatic carbocycles. The van der Waals surface area contributed by atoms with Crippen LogP contribution in [-0.2, 0) is 37.5 Å². The van der Waals surface area contributed by atoms with Crippen molar-refractivity contribution < 1.29 is 31.3 Å². The third kappa shape index (κ3) is 7.43. The minimum Gasteiger partial charge on any atom is -0.467 e. The predicted molar refractivity (Wildman–Crippen MR) is 101 cm³/mol. The van der Waals surface area contributed by atoms with Crippen LogP contribution in [0, 0.1) is 0 Å². The maximum Gasteiger partial charge on any atom is 0.306 e. The molecule has 9 heteroatoms. The lowest BCUT2D eigenvalue weighted by Crippen LogP contribution is -2.30. The van der Waals surface area contributed by atoms with Crippen molar-refractivity contribution in [1.29, 1.82) is 0 Å². The van der Waals surface area contributed by atoms with Crippen LogP contribution in [0.25, 0.3) is 0 Å². The molecule has 28 heavy (non-hydrogen) atoms. The van der Waals surface area contributed by atoms with Crippen LogP contribution in [0.3, 0.4) is 0 Å². The molecule has 1 heterocycles. The lowest BCUT2D eigenvalue weighted by molar-refractivity contribution is -0.146. The summed E-state index contributed by atoms with van der Waals surface area (Å²) in [5.74, 6) is 0.163. The lowest BCUT2D eigenvalue weighted by atomic mass is 10.2. The van der Waals surface area contributed by atoms with Crippen LogP contribution in [0.2, 0.25) is 0 Å². The molecule has 0 unspecified atom stereocenters. The molecule has 0 atom stereocenters. The quantitative estimate of drug-likeness (QED) is 0.439. The summed E-state index contributed by atoms with van der Waals surface area (Å²) in [5.41, 5.74) is 0.775. The van der Waals surface area contributed by atoms with Crippen LogP contribution in [0.4, 0.5) is 0 Å². The summed E-state index contributed by atoms with van der Waals surface area (Å²) in [6.07, 6.45) is 2.51. The SMILES string of the molecule is CCOC(=O)CCC(=O)N(Cc1ccc(OS(C)(=O)=O)cc1)Cc1ccco1. The molecular weight excluding hydrogens is 386 g/mol. The average molecular weight is 409 g/mol. The van der Waals surface area contributed by atoms with E-state index >= 15 is 0 Å². The van der Waals surface area contributed by atoms with Crippen molar-refractivity contribution in [3.8, 4) is 5.75 Å². The second-order valence-electron chi connectivity index (χ2n) is 6.07. The van der Waals surface area contributed by atoms with Crippen LogP contribution in [0.5, 0.6) is 5.75 Å². The van der Waals surface area contributed by atoms with Crippen molar-refractivity contribution in [1.82, 2.24) is 4.90 Å². The molecule has 1 aromatic heterocycles. The van der Waals surface area contributed by atoms with E-state index in [2.05, 4.69) is 0 Å². The van der Waals surface area contributed by atoms with Crippen molar-refractivity contribution in [2.24, 2.45) is 0 Å². The van der Waals surface area contributed by atoms with Gasteiger partial charge in [-0.2, -0.15) is 8.42 Å². The van der Waals surface area contributed by atoms with E-state index in [1.54, 1.807) is 36.1 Å². The summed E-state index contributed by atoms with van der Waals surface area (Å²) in [7, 11) is -3.60. The Kier molecular flexibility index (Phi) is 7.62. The zero-order valence-electron chi connectivity index (χ0n) is 15.8. The molecule has 0 aliphatic rings. The summed E-state index contributed by atoms with van der Waals surface area (Å²) in [6.45, 7) is 2.49. The first-order valence-electron chi connectivity index (χ1n) is 8.71. The van der Waals surface area contributed by atoms with Crippen LogP contribution < -0.4 is 4.18 Å². The van der Waals surface area contributed by atoms with E-state index in [9.17, 15) is 18.0 Å². The molecule has 0 spiro atoms. The van der Waals surface area contributed by atoms with Crippen molar-refractivity contribution in [2.75, 3.05) is 12.9 Å². The van der Waals surface area contributed by atoms with Crippen LogP contribution >= 0.6 is 0 Å². The smallest absolute Gasteiger partial charge is 0.306 e. The zero-order chi connectivity index (χ0) is 20.6. The molecule has 1 aromatic carbocycles. The number of benzene rings is 1. The van der Waals surface area contributed by atoms with Gasteiger partial charge in [0, 0.05) is 13.0 Å². The highest BCUT2D eigenvalue weighted by Crippen LogP contribution is 2.17. The number of carbonyl (C=O) groups is 2. The number of ether oxygens (including phenoxy) is 1. The largest absolute Gasteiger partial charge is 0.467 e. The number of amides is 1. The minimum absolute atomic E-state index is 0.00245. The molecule has 1 amide bonds. The first-order valence-corrected chi connectivity index (χ1v) is 10.5. The number of carbonyl (C=O) groups excluding carboxylic acids is 2. The molecule has 8 nitrogen and oxygen atoms in total. The molecule has 0 aliphatic heterocycles. The fourth-order valence-electron chi connectivity index (χ4n) is 2.47. The topological polar surface area (TPSA) is 103 Å². The summed E-state index contributed by atoms with van der Waals surface area (Å²) >= 11 is 0. The summed E-state index contributed by atoms with van der Waals surface area (Å²) in [5, 5.41) is 0. The fraction of sp³-hybridized carbons (Fsp3) is 0.368. The maximum absolute atomic E-state index is 12.6. The molecule has 0 saturated carbocycles. The molecule has 152 valence electrons. The van der Waals surface area contributed by atoms with Gasteiger partial charge < -0.3 is 18.2 Å². The Bertz CT molecular complexity index is 874. The molecule has 0 fully saturated rings.